The van der Waals surface area contributed by atoms with Gasteiger partial charge in [0.1, 0.15) is 29.5 Å². The van der Waals surface area contributed by atoms with Gasteiger partial charge in [0, 0.05) is 49.1 Å². The van der Waals surface area contributed by atoms with Gasteiger partial charge in [-0.25, -0.2) is 0 Å². The normalized spacial score (nSPS) is 23.6. The monoisotopic (exact) mass is 715 g/mol. The lowest BCUT2D eigenvalue weighted by atomic mass is 9.73. The van der Waals surface area contributed by atoms with Crippen molar-refractivity contribution in [2.24, 2.45) is 5.73 Å². The Labute approximate surface area is 299 Å². The molecule has 0 amide bonds. The minimum atomic E-state index is -1.93. The van der Waals surface area contributed by atoms with Crippen LogP contribution in [0.3, 0.4) is 0 Å². The minimum absolute atomic E-state index is 0.00456. The minimum Gasteiger partial charge on any atom is -0.507 e. The van der Waals surface area contributed by atoms with Gasteiger partial charge in [-0.05, 0) is 38.8 Å². The first kappa shape index (κ1) is 43.1. The van der Waals surface area contributed by atoms with Gasteiger partial charge < -0.3 is 50.2 Å². The lowest BCUT2D eigenvalue weighted by molar-refractivity contribution is -0.204. The molecule has 1 fully saturated rings. The molecule has 0 radical (unpaired) electrons. The quantitative estimate of drug-likeness (QED) is 0.117. The molecule has 0 saturated carbocycles. The van der Waals surface area contributed by atoms with Gasteiger partial charge in [-0.15, -0.1) is 0 Å². The number of ether oxygens (including phenoxy) is 4. The summed E-state index contributed by atoms with van der Waals surface area (Å²) in [5, 5.41) is 50.4. The number of rotatable bonds is 7. The third-order valence-corrected chi connectivity index (χ3v) is 8.84. The molecule has 13 nitrogen and oxygen atoms in total. The smallest absolute Gasteiger partial charge is 0.202 e. The van der Waals surface area contributed by atoms with Crippen molar-refractivity contribution < 1.29 is 58.9 Å². The number of allylic oxidation sites excluding steroid dienone is 4. The van der Waals surface area contributed by atoms with Crippen LogP contribution in [0.25, 0.3) is 0 Å². The molecule has 0 spiro atoms. The molecule has 4 unspecified atom stereocenters. The van der Waals surface area contributed by atoms with Crippen LogP contribution in [0, 0.1) is 0 Å². The largest absolute Gasteiger partial charge is 0.507 e. The molecule has 0 aromatic heterocycles. The number of aliphatic hydroxyl groups excluding tert-OH is 2. The molecule has 282 valence electrons. The molecule has 13 heteroatoms. The van der Waals surface area contributed by atoms with Crippen molar-refractivity contribution in [2.75, 3.05) is 27.9 Å². The Morgan fingerprint density at radius 3 is 2.22 bits per heavy atom. The third-order valence-electron chi connectivity index (χ3n) is 8.84. The summed E-state index contributed by atoms with van der Waals surface area (Å²) < 4.78 is 20.4. The molecule has 2 aromatic carbocycles. The summed E-state index contributed by atoms with van der Waals surface area (Å²) >= 11 is 0. The Morgan fingerprint density at radius 1 is 1.06 bits per heavy atom. The predicted molar refractivity (Wildman–Crippen MR) is 190 cm³/mol. The molecule has 7 N–H and O–H groups in total. The molecule has 5 atom stereocenters. The van der Waals surface area contributed by atoms with Crippen molar-refractivity contribution >= 4 is 17.3 Å². The van der Waals surface area contributed by atoms with Crippen LogP contribution in [0.1, 0.15) is 96.9 Å². The number of hydrogen-bond donors (Lipinski definition) is 6. The van der Waals surface area contributed by atoms with Gasteiger partial charge in [-0.1, -0.05) is 45.1 Å². The summed E-state index contributed by atoms with van der Waals surface area (Å²) in [4.78, 5) is 38.2. The van der Waals surface area contributed by atoms with Crippen molar-refractivity contribution in [3.8, 4) is 17.2 Å². The maximum atomic E-state index is 13.1. The number of nitrogens with two attached hydrogens (primary N) is 1. The second kappa shape index (κ2) is 19.5. The highest BCUT2D eigenvalue weighted by atomic mass is 16.6. The summed E-state index contributed by atoms with van der Waals surface area (Å²) in [7, 11) is 4.65. The van der Waals surface area contributed by atoms with Gasteiger partial charge in [-0.2, -0.15) is 0 Å². The van der Waals surface area contributed by atoms with E-state index in [4.69, 9.17) is 34.9 Å². The average Bonchev–Trinajstić information content (AvgIpc) is 3.13. The van der Waals surface area contributed by atoms with E-state index in [1.54, 1.807) is 14.2 Å². The van der Waals surface area contributed by atoms with Crippen molar-refractivity contribution in [2.45, 2.75) is 96.9 Å². The number of aromatic hydroxyl groups is 2. The molecule has 0 bridgehead atoms. The van der Waals surface area contributed by atoms with Gasteiger partial charge in [0.2, 0.25) is 5.78 Å². The molecular formula is C38H53NO12. The number of aliphatic hydroxyl groups is 3. The summed E-state index contributed by atoms with van der Waals surface area (Å²) in [5.74, 6) is -1.97. The number of phenolic OH excluding ortho intramolecular Hbond substituents is 2. The van der Waals surface area contributed by atoms with Gasteiger partial charge in [0.15, 0.2) is 17.9 Å². The number of Topliss-reactive ketones (excluding diaryl/α,β-unsaturated/α-hetero) is 1. The van der Waals surface area contributed by atoms with Crippen molar-refractivity contribution in [1.82, 2.24) is 0 Å². The molecule has 2 aromatic rings. The van der Waals surface area contributed by atoms with E-state index in [0.717, 1.165) is 12.2 Å². The number of carbonyl (C=O) groups is 3. The van der Waals surface area contributed by atoms with Crippen LogP contribution in [-0.2, 0) is 31.8 Å². The van der Waals surface area contributed by atoms with Crippen LogP contribution >= 0.6 is 0 Å². The van der Waals surface area contributed by atoms with Gasteiger partial charge in [0.25, 0.3) is 0 Å². The summed E-state index contributed by atoms with van der Waals surface area (Å²) in [5.41, 5.74) is 3.33. The molecule has 1 aliphatic heterocycles. The molecule has 3 aliphatic rings. The fraction of sp³-hybridized carbons (Fsp3) is 0.500. The number of benzene rings is 2. The van der Waals surface area contributed by atoms with Crippen LogP contribution in [0.4, 0.5) is 0 Å². The molecule has 2 aliphatic carbocycles. The summed E-state index contributed by atoms with van der Waals surface area (Å²) in [6.45, 7) is 9.02. The number of carbonyl (C=O) groups excluding carboxylic acids is 3. The molecule has 51 heavy (non-hydrogen) atoms. The zero-order valence-corrected chi connectivity index (χ0v) is 30.7. The van der Waals surface area contributed by atoms with Crippen molar-refractivity contribution in [1.29, 1.82) is 0 Å². The number of phenols is 2. The molecule has 1 heterocycles. The van der Waals surface area contributed by atoms with Crippen LogP contribution in [-0.4, -0.2) is 101 Å². The lowest BCUT2D eigenvalue weighted by Crippen LogP contribution is -2.51. The van der Waals surface area contributed by atoms with E-state index in [9.17, 15) is 29.7 Å². The maximum absolute atomic E-state index is 13.1. The van der Waals surface area contributed by atoms with Crippen LogP contribution in [0.5, 0.6) is 17.2 Å². The zero-order chi connectivity index (χ0) is 38.6. The first-order valence-corrected chi connectivity index (χ1v) is 16.9. The van der Waals surface area contributed by atoms with Gasteiger partial charge in [-0.3, -0.25) is 14.4 Å². The van der Waals surface area contributed by atoms with Crippen LogP contribution < -0.4 is 10.5 Å². The maximum Gasteiger partial charge on any atom is 0.202 e. The van der Waals surface area contributed by atoms with E-state index in [1.807, 2.05) is 45.9 Å². The second-order valence-electron chi connectivity index (χ2n) is 11.8. The third kappa shape index (κ3) is 9.42. The van der Waals surface area contributed by atoms with Gasteiger partial charge >= 0.3 is 0 Å². The average molecular weight is 716 g/mol. The van der Waals surface area contributed by atoms with E-state index in [2.05, 4.69) is 6.92 Å². The number of hydrogen-bond acceptors (Lipinski definition) is 13. The van der Waals surface area contributed by atoms with Crippen molar-refractivity contribution in [3.05, 3.63) is 75.6 Å². The highest BCUT2D eigenvalue weighted by molar-refractivity contribution is 6.31. The highest BCUT2D eigenvalue weighted by Crippen LogP contribution is 2.48. The summed E-state index contributed by atoms with van der Waals surface area (Å²) in [6, 6.07) is 4.34. The first-order chi connectivity index (χ1) is 24.2. The van der Waals surface area contributed by atoms with E-state index >= 15 is 0 Å². The number of fused-ring (bicyclic) bond motifs is 3. The van der Waals surface area contributed by atoms with Crippen LogP contribution in [0.2, 0.25) is 0 Å². The number of ketones is 3. The SMILES string of the molecule is C/C=C\C=C(/CC)OC.CC.COC1C(N)CC(O)OC1C.COc1cccc2c1C(=O)c1c(O)c3c(c(O)c1C2=O)C[C@@](O)(C(=O)CO)CC3. The van der Waals surface area contributed by atoms with Crippen LogP contribution in [0.15, 0.2) is 42.2 Å². The topological polar surface area (TPSA) is 215 Å². The Hall–Kier alpha value is -4.11. The Morgan fingerprint density at radius 2 is 1.69 bits per heavy atom. The zero-order valence-electron chi connectivity index (χ0n) is 30.7. The first-order valence-electron chi connectivity index (χ1n) is 16.9. The van der Waals surface area contributed by atoms with E-state index in [-0.39, 0.29) is 76.6 Å². The van der Waals surface area contributed by atoms with E-state index < -0.39 is 47.3 Å². The fourth-order valence-electron chi connectivity index (χ4n) is 6.20. The standard InChI is InChI=1S/C21H18O8.C8H14O.C7H15NO3.C2H6/c1-29-12-4-2-3-10-14(12)20(27)16-15(18(10)25)19(26)11-7-21(28,13(23)8-22)6-5-9(11)17(16)24;1-4-6-7-8(5-2)9-3;1-4-7(10-2)5(8)3-6(9)11-4;1-2/h2-4,22,24,26,28H,5-8H2,1H3;4,6-7H,5H2,1-3H3;4-7,9H,3,8H2,1-2H3;1-2H3/b;6-4-,8-7+;;/t21-;;;/m1.../s1. The Bertz CT molecular complexity index is 1580. The Kier molecular flexibility index (Phi) is 16.4. The fourth-order valence-corrected chi connectivity index (χ4v) is 6.20. The molecular weight excluding hydrogens is 662 g/mol. The lowest BCUT2D eigenvalue weighted by Gasteiger charge is -2.35. The predicted octanol–water partition coefficient (Wildman–Crippen LogP) is 3.65. The van der Waals surface area contributed by atoms with Crippen molar-refractivity contribution in [3.63, 3.8) is 0 Å². The second-order valence-corrected chi connectivity index (χ2v) is 11.8. The number of methoxy groups -OCH3 is 3. The summed E-state index contributed by atoms with van der Waals surface area (Å²) in [6.07, 6.45) is 5.86. The Balaban J connectivity index is 0.000000336. The molecule has 5 rings (SSSR count). The van der Waals surface area contributed by atoms with E-state index in [0.29, 0.717) is 6.42 Å². The van der Waals surface area contributed by atoms with Gasteiger partial charge in [0.05, 0.1) is 48.9 Å². The van der Waals surface area contributed by atoms with E-state index in [1.165, 1.54) is 25.3 Å². The highest BCUT2D eigenvalue weighted by Gasteiger charge is 2.45. The molecule has 1 saturated heterocycles.